The highest BCUT2D eigenvalue weighted by Crippen LogP contribution is 2.36. The number of aromatic nitrogens is 2. The zero-order valence-electron chi connectivity index (χ0n) is 15.5. The number of carbonyl (C=O) groups is 1. The first-order valence-electron chi connectivity index (χ1n) is 9.76. The van der Waals surface area contributed by atoms with Crippen LogP contribution in [0.15, 0.2) is 36.5 Å². The third-order valence-corrected chi connectivity index (χ3v) is 6.06. The second-order valence-electron chi connectivity index (χ2n) is 7.97. The van der Waals surface area contributed by atoms with Crippen LogP contribution >= 0.6 is 0 Å². The summed E-state index contributed by atoms with van der Waals surface area (Å²) in [6.45, 7) is 5.64. The summed E-state index contributed by atoms with van der Waals surface area (Å²) in [7, 11) is 0. The van der Waals surface area contributed by atoms with Crippen molar-refractivity contribution in [2.45, 2.75) is 38.5 Å². The maximum absolute atomic E-state index is 13.0. The van der Waals surface area contributed by atoms with Crippen molar-refractivity contribution in [3.63, 3.8) is 0 Å². The van der Waals surface area contributed by atoms with Gasteiger partial charge in [0.2, 0.25) is 5.91 Å². The van der Waals surface area contributed by atoms with E-state index in [1.807, 2.05) is 12.3 Å². The van der Waals surface area contributed by atoms with Crippen molar-refractivity contribution in [1.29, 1.82) is 0 Å². The second kappa shape index (κ2) is 7.23. The molecule has 4 rings (SSSR count). The van der Waals surface area contributed by atoms with Gasteiger partial charge in [-0.25, -0.2) is 0 Å². The summed E-state index contributed by atoms with van der Waals surface area (Å²) in [5.74, 6) is 0.769. The summed E-state index contributed by atoms with van der Waals surface area (Å²) in [5.41, 5.74) is 3.39. The Balaban J connectivity index is 1.43. The molecule has 1 aromatic heterocycles. The lowest BCUT2D eigenvalue weighted by atomic mass is 9.80. The number of amides is 1. The van der Waals surface area contributed by atoms with Crippen molar-refractivity contribution >= 4 is 5.91 Å². The molecule has 2 saturated heterocycles. The van der Waals surface area contributed by atoms with E-state index in [1.54, 1.807) is 0 Å². The normalized spacial score (nSPS) is 24.6. The van der Waals surface area contributed by atoms with Gasteiger partial charge < -0.3 is 10.2 Å². The lowest BCUT2D eigenvalue weighted by Crippen LogP contribution is -2.52. The average molecular weight is 352 g/mol. The van der Waals surface area contributed by atoms with E-state index in [4.69, 9.17) is 0 Å². The molecule has 2 aliphatic rings. The van der Waals surface area contributed by atoms with E-state index in [2.05, 4.69) is 51.6 Å². The first kappa shape index (κ1) is 17.3. The maximum atomic E-state index is 13.0. The molecule has 1 aromatic carbocycles. The molecule has 2 fully saturated rings. The van der Waals surface area contributed by atoms with Gasteiger partial charge in [0.15, 0.2) is 0 Å². The summed E-state index contributed by atoms with van der Waals surface area (Å²) < 4.78 is 0. The number of rotatable bonds is 3. The first-order chi connectivity index (χ1) is 12.7. The predicted molar refractivity (Wildman–Crippen MR) is 103 cm³/mol. The lowest BCUT2D eigenvalue weighted by molar-refractivity contribution is -0.143. The van der Waals surface area contributed by atoms with Crippen LogP contribution in [0.5, 0.6) is 0 Å². The Labute approximate surface area is 155 Å². The maximum Gasteiger partial charge on any atom is 0.229 e. The lowest BCUT2D eigenvalue weighted by Gasteiger charge is -2.40. The third kappa shape index (κ3) is 3.28. The molecule has 1 amide bonds. The standard InChI is InChI=1S/C21H28N4O/c1-21(10-5-11-22-15-21)20(26)25-12-8-17(9-13-25)19-18(14-23-24-19)16-6-3-2-4-7-16/h2-4,6-7,14,17,22H,5,8-13,15H2,1H3,(H,23,24). The Morgan fingerprint density at radius 2 is 2.00 bits per heavy atom. The Kier molecular flexibility index (Phi) is 4.81. The number of piperidine rings is 2. The van der Waals surface area contributed by atoms with Crippen LogP contribution in [0.4, 0.5) is 0 Å². The zero-order chi connectivity index (χ0) is 18.0. The topological polar surface area (TPSA) is 61.0 Å². The molecule has 0 aliphatic carbocycles. The van der Waals surface area contributed by atoms with E-state index >= 15 is 0 Å². The molecular formula is C21H28N4O. The summed E-state index contributed by atoms with van der Waals surface area (Å²) in [6, 6.07) is 10.4. The number of hydrogen-bond donors (Lipinski definition) is 2. The highest BCUT2D eigenvalue weighted by Gasteiger charge is 2.39. The number of H-pyrrole nitrogens is 1. The van der Waals surface area contributed by atoms with Crippen molar-refractivity contribution in [1.82, 2.24) is 20.4 Å². The van der Waals surface area contributed by atoms with Crippen molar-refractivity contribution in [2.24, 2.45) is 5.41 Å². The molecule has 0 bridgehead atoms. The minimum Gasteiger partial charge on any atom is -0.342 e. The number of nitrogens with zero attached hydrogens (tertiary/aromatic N) is 2. The van der Waals surface area contributed by atoms with Crippen LogP contribution in [-0.4, -0.2) is 47.2 Å². The number of aromatic amines is 1. The molecule has 26 heavy (non-hydrogen) atoms. The molecule has 1 unspecified atom stereocenters. The number of likely N-dealkylation sites (tertiary alicyclic amines) is 1. The van der Waals surface area contributed by atoms with Gasteiger partial charge in [0, 0.05) is 36.8 Å². The molecular weight excluding hydrogens is 324 g/mol. The van der Waals surface area contributed by atoms with Crippen LogP contribution in [0.25, 0.3) is 11.1 Å². The molecule has 138 valence electrons. The van der Waals surface area contributed by atoms with E-state index < -0.39 is 0 Å². The fourth-order valence-electron chi connectivity index (χ4n) is 4.45. The first-order valence-corrected chi connectivity index (χ1v) is 9.76. The van der Waals surface area contributed by atoms with Crippen LogP contribution in [0.1, 0.15) is 44.2 Å². The predicted octanol–water partition coefficient (Wildman–Crippen LogP) is 3.17. The quantitative estimate of drug-likeness (QED) is 0.892. The fraction of sp³-hybridized carbons (Fsp3) is 0.524. The van der Waals surface area contributed by atoms with E-state index in [0.29, 0.717) is 11.8 Å². The van der Waals surface area contributed by atoms with Gasteiger partial charge in [-0.05, 0) is 44.7 Å². The molecule has 2 aliphatic heterocycles. The second-order valence-corrected chi connectivity index (χ2v) is 7.97. The summed E-state index contributed by atoms with van der Waals surface area (Å²) in [5, 5.41) is 10.9. The summed E-state index contributed by atoms with van der Waals surface area (Å²) in [4.78, 5) is 15.1. The summed E-state index contributed by atoms with van der Waals surface area (Å²) in [6.07, 6.45) is 6.01. The number of carbonyl (C=O) groups excluding carboxylic acids is 1. The van der Waals surface area contributed by atoms with E-state index in [-0.39, 0.29) is 5.41 Å². The van der Waals surface area contributed by atoms with Gasteiger partial charge in [0.05, 0.1) is 11.6 Å². The molecule has 2 N–H and O–H groups in total. The van der Waals surface area contributed by atoms with Gasteiger partial charge in [-0.2, -0.15) is 5.10 Å². The minimum absolute atomic E-state index is 0.228. The monoisotopic (exact) mass is 352 g/mol. The molecule has 5 heteroatoms. The van der Waals surface area contributed by atoms with Crippen molar-refractivity contribution in [3.05, 3.63) is 42.2 Å². The van der Waals surface area contributed by atoms with E-state index in [0.717, 1.165) is 51.9 Å². The van der Waals surface area contributed by atoms with Gasteiger partial charge in [-0.1, -0.05) is 30.3 Å². The van der Waals surface area contributed by atoms with Gasteiger partial charge in [-0.15, -0.1) is 0 Å². The highest BCUT2D eigenvalue weighted by molar-refractivity contribution is 5.83. The van der Waals surface area contributed by atoms with Crippen molar-refractivity contribution in [2.75, 3.05) is 26.2 Å². The van der Waals surface area contributed by atoms with Gasteiger partial charge in [0.25, 0.3) is 0 Å². The largest absolute Gasteiger partial charge is 0.342 e. The fourth-order valence-corrected chi connectivity index (χ4v) is 4.45. The zero-order valence-corrected chi connectivity index (χ0v) is 15.5. The van der Waals surface area contributed by atoms with Crippen molar-refractivity contribution < 1.29 is 4.79 Å². The molecule has 3 heterocycles. The smallest absolute Gasteiger partial charge is 0.229 e. The minimum atomic E-state index is -0.228. The van der Waals surface area contributed by atoms with Gasteiger partial charge >= 0.3 is 0 Å². The molecule has 0 saturated carbocycles. The Morgan fingerprint density at radius 1 is 1.23 bits per heavy atom. The number of benzene rings is 1. The Morgan fingerprint density at radius 3 is 2.69 bits per heavy atom. The van der Waals surface area contributed by atoms with Crippen LogP contribution in [-0.2, 0) is 4.79 Å². The molecule has 5 nitrogen and oxygen atoms in total. The number of hydrogen-bond acceptors (Lipinski definition) is 3. The Hall–Kier alpha value is -2.14. The van der Waals surface area contributed by atoms with Gasteiger partial charge in [-0.3, -0.25) is 9.89 Å². The molecule has 0 spiro atoms. The van der Waals surface area contributed by atoms with E-state index in [9.17, 15) is 4.79 Å². The highest BCUT2D eigenvalue weighted by atomic mass is 16.2. The van der Waals surface area contributed by atoms with Crippen LogP contribution < -0.4 is 5.32 Å². The summed E-state index contributed by atoms with van der Waals surface area (Å²) >= 11 is 0. The number of nitrogens with one attached hydrogen (secondary N) is 2. The Bertz CT molecular complexity index is 740. The van der Waals surface area contributed by atoms with Crippen LogP contribution in [0.3, 0.4) is 0 Å². The van der Waals surface area contributed by atoms with Crippen LogP contribution in [0, 0.1) is 5.41 Å². The van der Waals surface area contributed by atoms with E-state index in [1.165, 1.54) is 16.8 Å². The van der Waals surface area contributed by atoms with Gasteiger partial charge in [0.1, 0.15) is 0 Å². The molecule has 2 aromatic rings. The SMILES string of the molecule is CC1(C(=O)N2CCC(c3[nH]ncc3-c3ccccc3)CC2)CCCNC1. The molecule has 0 radical (unpaired) electrons. The van der Waals surface area contributed by atoms with Crippen LogP contribution in [0.2, 0.25) is 0 Å². The van der Waals surface area contributed by atoms with Crippen molar-refractivity contribution in [3.8, 4) is 11.1 Å². The molecule has 1 atom stereocenters. The third-order valence-electron chi connectivity index (χ3n) is 6.06. The average Bonchev–Trinajstić information content (AvgIpc) is 3.19.